The molecule has 214 valence electrons. The van der Waals surface area contributed by atoms with Gasteiger partial charge in [0.15, 0.2) is 0 Å². The van der Waals surface area contributed by atoms with Crippen molar-refractivity contribution in [3.8, 4) is 11.5 Å². The highest BCUT2D eigenvalue weighted by Crippen LogP contribution is 2.30. The molecule has 3 N–H and O–H groups in total. The van der Waals surface area contributed by atoms with Crippen LogP contribution in [0.5, 0.6) is 11.5 Å². The Morgan fingerprint density at radius 3 is 2.03 bits per heavy atom. The van der Waals surface area contributed by atoms with Crippen LogP contribution in [-0.2, 0) is 14.3 Å². The topological polar surface area (TPSA) is 117 Å². The number of hydrogen-bond donors (Lipinski definition) is 3. The summed E-state index contributed by atoms with van der Waals surface area (Å²) < 4.78 is 10.7. The lowest BCUT2D eigenvalue weighted by atomic mass is 9.94. The van der Waals surface area contributed by atoms with Gasteiger partial charge in [-0.05, 0) is 82.0 Å². The van der Waals surface area contributed by atoms with E-state index in [1.807, 2.05) is 27.7 Å². The van der Waals surface area contributed by atoms with Gasteiger partial charge >= 0.3 is 6.09 Å². The molecule has 0 bridgehead atoms. The molecule has 2 aromatic rings. The Balaban J connectivity index is 2.55. The van der Waals surface area contributed by atoms with E-state index >= 15 is 0 Å². The minimum absolute atomic E-state index is 0.0403. The first-order chi connectivity index (χ1) is 18.3. The minimum Gasteiger partial charge on any atom is -0.508 e. The summed E-state index contributed by atoms with van der Waals surface area (Å²) in [5.41, 5.74) is 0.315. The number of phenolic OH excluding ortho intramolecular Hbond substituents is 1. The van der Waals surface area contributed by atoms with E-state index in [2.05, 4.69) is 10.6 Å². The first-order valence-corrected chi connectivity index (χ1v) is 13.4. The number of anilines is 1. The second-order valence-corrected chi connectivity index (χ2v) is 10.7. The molecule has 0 aliphatic heterocycles. The lowest BCUT2D eigenvalue weighted by molar-refractivity contribution is -0.144. The smallest absolute Gasteiger partial charge is 0.408 e. The van der Waals surface area contributed by atoms with Gasteiger partial charge in [0.05, 0.1) is 7.11 Å². The van der Waals surface area contributed by atoms with Gasteiger partial charge in [0, 0.05) is 11.7 Å². The number of hydrogen-bond acceptors (Lipinski definition) is 6. The highest BCUT2D eigenvalue weighted by atomic mass is 16.6. The van der Waals surface area contributed by atoms with Crippen LogP contribution in [0.3, 0.4) is 0 Å². The summed E-state index contributed by atoms with van der Waals surface area (Å²) in [6.07, 6.45) is 0.479. The predicted molar refractivity (Wildman–Crippen MR) is 152 cm³/mol. The van der Waals surface area contributed by atoms with Gasteiger partial charge in [-0.1, -0.05) is 39.3 Å². The molecule has 39 heavy (non-hydrogen) atoms. The molecule has 0 fully saturated rings. The third kappa shape index (κ3) is 8.90. The lowest BCUT2D eigenvalue weighted by Gasteiger charge is -2.39. The van der Waals surface area contributed by atoms with Crippen LogP contribution in [0.15, 0.2) is 48.5 Å². The molecule has 0 saturated carbocycles. The van der Waals surface area contributed by atoms with Crippen LogP contribution in [0.2, 0.25) is 0 Å². The number of phenols is 1. The average Bonchev–Trinajstić information content (AvgIpc) is 2.89. The fraction of sp³-hybridized carbons (Fsp3) is 0.500. The Labute approximate surface area is 231 Å². The van der Waals surface area contributed by atoms with Crippen LogP contribution in [0.25, 0.3) is 0 Å². The van der Waals surface area contributed by atoms with E-state index in [1.54, 1.807) is 64.3 Å². The van der Waals surface area contributed by atoms with Gasteiger partial charge < -0.3 is 30.1 Å². The standard InChI is InChI=1S/C30H43N3O6/c1-9-19(3)25(32-29(37)39-30(5,6)7)28(36)33(20(4)10-2)26(21-11-15-23(34)16-12-21)27(35)31-22-13-17-24(38-8)18-14-22/h11-20,25-26,34H,9-10H2,1-8H3,(H,31,35)(H,32,37). The number of nitrogens with zero attached hydrogens (tertiary/aromatic N) is 1. The second-order valence-electron chi connectivity index (χ2n) is 10.7. The van der Waals surface area contributed by atoms with Crippen molar-refractivity contribution in [1.29, 1.82) is 0 Å². The van der Waals surface area contributed by atoms with E-state index in [-0.39, 0.29) is 17.7 Å². The van der Waals surface area contributed by atoms with Gasteiger partial charge in [-0.3, -0.25) is 9.59 Å². The lowest BCUT2D eigenvalue weighted by Crippen LogP contribution is -2.56. The summed E-state index contributed by atoms with van der Waals surface area (Å²) in [5, 5.41) is 15.6. The number of alkyl carbamates (subject to hydrolysis) is 1. The Kier molecular flexibility index (Phi) is 11.2. The fourth-order valence-electron chi connectivity index (χ4n) is 4.05. The number of rotatable bonds is 11. The highest BCUT2D eigenvalue weighted by Gasteiger charge is 2.40. The van der Waals surface area contributed by atoms with E-state index in [9.17, 15) is 19.5 Å². The SMILES string of the molecule is CCC(C)C(NC(=O)OC(C)(C)C)C(=O)N(C(C)CC)C(C(=O)Nc1ccc(OC)cc1)c1ccc(O)cc1. The predicted octanol–water partition coefficient (Wildman–Crippen LogP) is 5.65. The largest absolute Gasteiger partial charge is 0.508 e. The molecule has 4 unspecified atom stereocenters. The number of aromatic hydroxyl groups is 1. The van der Waals surface area contributed by atoms with Crippen molar-refractivity contribution in [3.63, 3.8) is 0 Å². The number of carbonyl (C=O) groups excluding carboxylic acids is 3. The van der Waals surface area contributed by atoms with Gasteiger partial charge in [-0.25, -0.2) is 4.79 Å². The maximum absolute atomic E-state index is 14.3. The zero-order chi connectivity index (χ0) is 29.3. The normalized spacial score (nSPS) is 14.4. The zero-order valence-corrected chi connectivity index (χ0v) is 24.3. The van der Waals surface area contributed by atoms with Crippen LogP contribution in [-0.4, -0.2) is 52.7 Å². The third-order valence-electron chi connectivity index (χ3n) is 6.56. The van der Waals surface area contributed by atoms with E-state index < -0.39 is 35.6 Å². The molecule has 0 saturated heterocycles. The second kappa shape index (κ2) is 13.9. The van der Waals surface area contributed by atoms with E-state index in [4.69, 9.17) is 9.47 Å². The Morgan fingerprint density at radius 1 is 0.949 bits per heavy atom. The molecule has 0 aliphatic carbocycles. The van der Waals surface area contributed by atoms with Crippen LogP contribution in [0, 0.1) is 5.92 Å². The first-order valence-electron chi connectivity index (χ1n) is 13.4. The van der Waals surface area contributed by atoms with Gasteiger partial charge in [0.1, 0.15) is 29.2 Å². The molecule has 0 heterocycles. The number of ether oxygens (including phenoxy) is 2. The molecule has 2 aromatic carbocycles. The van der Waals surface area contributed by atoms with Crippen molar-refractivity contribution >= 4 is 23.6 Å². The number of benzene rings is 2. The van der Waals surface area contributed by atoms with Crippen molar-refractivity contribution in [2.24, 2.45) is 5.92 Å². The van der Waals surface area contributed by atoms with Gasteiger partial charge in [-0.15, -0.1) is 0 Å². The summed E-state index contributed by atoms with van der Waals surface area (Å²) in [7, 11) is 1.56. The number of amides is 3. The molecule has 0 spiro atoms. The van der Waals surface area contributed by atoms with Crippen molar-refractivity contribution in [1.82, 2.24) is 10.2 Å². The first kappa shape index (κ1) is 31.5. The molecular formula is C30H43N3O6. The van der Waals surface area contributed by atoms with Crippen LogP contribution in [0.1, 0.15) is 72.9 Å². The molecule has 3 amide bonds. The molecule has 0 aliphatic rings. The number of nitrogens with one attached hydrogen (secondary N) is 2. The number of methoxy groups -OCH3 is 1. The van der Waals surface area contributed by atoms with Gasteiger partial charge in [0.2, 0.25) is 5.91 Å². The van der Waals surface area contributed by atoms with E-state index in [0.717, 1.165) is 0 Å². The highest BCUT2D eigenvalue weighted by molar-refractivity contribution is 5.99. The summed E-state index contributed by atoms with van der Waals surface area (Å²) in [6, 6.07) is 10.8. The zero-order valence-electron chi connectivity index (χ0n) is 24.3. The van der Waals surface area contributed by atoms with Gasteiger partial charge in [-0.2, -0.15) is 0 Å². The summed E-state index contributed by atoms with van der Waals surface area (Å²) in [5.74, 6) is -0.378. The summed E-state index contributed by atoms with van der Waals surface area (Å²) >= 11 is 0. The third-order valence-corrected chi connectivity index (χ3v) is 6.56. The molecule has 0 aromatic heterocycles. The van der Waals surface area contributed by atoms with Gasteiger partial charge in [0.25, 0.3) is 5.91 Å². The monoisotopic (exact) mass is 541 g/mol. The quantitative estimate of drug-likeness (QED) is 0.339. The summed E-state index contributed by atoms with van der Waals surface area (Å²) in [4.78, 5) is 42.4. The van der Waals surface area contributed by atoms with E-state index in [1.165, 1.54) is 17.0 Å². The van der Waals surface area contributed by atoms with E-state index in [0.29, 0.717) is 29.8 Å². The summed E-state index contributed by atoms with van der Waals surface area (Å²) in [6.45, 7) is 12.9. The number of carbonyl (C=O) groups is 3. The van der Waals surface area contributed by atoms with Crippen molar-refractivity contribution < 1.29 is 29.0 Å². The van der Waals surface area contributed by atoms with Crippen LogP contribution in [0.4, 0.5) is 10.5 Å². The Bertz CT molecular complexity index is 1100. The van der Waals surface area contributed by atoms with Crippen molar-refractivity contribution in [2.75, 3.05) is 12.4 Å². The molecule has 9 heteroatoms. The maximum Gasteiger partial charge on any atom is 0.408 e. The molecular weight excluding hydrogens is 498 g/mol. The average molecular weight is 542 g/mol. The fourth-order valence-corrected chi connectivity index (χ4v) is 4.05. The molecule has 9 nitrogen and oxygen atoms in total. The molecule has 2 rings (SSSR count). The van der Waals surface area contributed by atoms with Crippen LogP contribution < -0.4 is 15.4 Å². The Hall–Kier alpha value is -3.75. The minimum atomic E-state index is -1.04. The van der Waals surface area contributed by atoms with Crippen molar-refractivity contribution in [2.45, 2.75) is 85.0 Å². The Morgan fingerprint density at radius 2 is 1.54 bits per heavy atom. The maximum atomic E-state index is 14.3. The van der Waals surface area contributed by atoms with Crippen LogP contribution >= 0.6 is 0 Å². The molecule has 4 atom stereocenters. The molecule has 0 radical (unpaired) electrons. The van der Waals surface area contributed by atoms with Crippen molar-refractivity contribution in [3.05, 3.63) is 54.1 Å².